The van der Waals surface area contributed by atoms with E-state index < -0.39 is 5.95 Å². The van der Waals surface area contributed by atoms with Gasteiger partial charge >= 0.3 is 0 Å². The van der Waals surface area contributed by atoms with Crippen LogP contribution < -0.4 is 16.4 Å². The van der Waals surface area contributed by atoms with E-state index in [1.54, 1.807) is 6.07 Å². The van der Waals surface area contributed by atoms with Gasteiger partial charge in [0.15, 0.2) is 0 Å². The number of carbonyl (C=O) groups excluding carboxylic acids is 1. The van der Waals surface area contributed by atoms with Crippen LogP contribution in [0, 0.1) is 9.52 Å². The van der Waals surface area contributed by atoms with Gasteiger partial charge in [-0.2, -0.15) is 4.39 Å². The molecule has 0 atom stereocenters. The number of halogens is 2. The molecular weight excluding hydrogens is 518 g/mol. The molecule has 1 aromatic heterocycles. The van der Waals surface area contributed by atoms with Crippen molar-refractivity contribution < 1.29 is 9.18 Å². The number of amides is 1. The monoisotopic (exact) mass is 542 g/mol. The fraction of sp³-hybridized carbons (Fsp3) is 0.280. The summed E-state index contributed by atoms with van der Waals surface area (Å²) in [7, 11) is 0. The normalized spacial score (nSPS) is 16.5. The Morgan fingerprint density at radius 3 is 2.47 bits per heavy atom. The lowest BCUT2D eigenvalue weighted by Crippen LogP contribution is -2.31. The zero-order chi connectivity index (χ0) is 22.2. The highest BCUT2D eigenvalue weighted by atomic mass is 127. The zero-order valence-electron chi connectivity index (χ0n) is 17.6. The van der Waals surface area contributed by atoms with E-state index in [-0.39, 0.29) is 11.7 Å². The number of piperidine rings is 1. The first-order valence-corrected chi connectivity index (χ1v) is 12.0. The molecule has 2 aromatic carbocycles. The minimum Gasteiger partial charge on any atom is -0.383 e. The van der Waals surface area contributed by atoms with Gasteiger partial charge in [-0.15, -0.1) is 0 Å². The van der Waals surface area contributed by atoms with Gasteiger partial charge in [-0.3, -0.25) is 4.79 Å². The van der Waals surface area contributed by atoms with E-state index in [0.29, 0.717) is 29.2 Å². The predicted octanol–water partition coefficient (Wildman–Crippen LogP) is 4.49. The van der Waals surface area contributed by atoms with Gasteiger partial charge in [0.05, 0.1) is 0 Å². The van der Waals surface area contributed by atoms with E-state index in [1.165, 1.54) is 5.56 Å². The third-order valence-corrected chi connectivity index (χ3v) is 7.34. The lowest BCUT2D eigenvalue weighted by Gasteiger charge is -2.23. The van der Waals surface area contributed by atoms with Crippen LogP contribution in [0.4, 0.5) is 10.2 Å². The number of aromatic nitrogens is 1. The minimum absolute atomic E-state index is 0.0598. The molecule has 32 heavy (non-hydrogen) atoms. The van der Waals surface area contributed by atoms with E-state index in [1.807, 2.05) is 24.3 Å². The second kappa shape index (κ2) is 8.78. The van der Waals surface area contributed by atoms with Crippen LogP contribution in [0.5, 0.6) is 0 Å². The van der Waals surface area contributed by atoms with Crippen LogP contribution in [-0.4, -0.2) is 30.5 Å². The molecule has 5 nitrogen and oxygen atoms in total. The van der Waals surface area contributed by atoms with Crippen molar-refractivity contribution in [3.8, 4) is 22.3 Å². The highest BCUT2D eigenvalue weighted by Crippen LogP contribution is 2.36. The first-order valence-electron chi connectivity index (χ1n) is 10.9. The number of carbonyl (C=O) groups is 1. The number of hydrogen-bond acceptors (Lipinski definition) is 4. The first-order chi connectivity index (χ1) is 15.5. The van der Waals surface area contributed by atoms with Crippen molar-refractivity contribution in [3.05, 3.63) is 68.7 Å². The number of nitrogens with zero attached hydrogens (tertiary/aromatic N) is 1. The Hall–Kier alpha value is -2.52. The van der Waals surface area contributed by atoms with E-state index in [2.05, 4.69) is 50.3 Å². The molecule has 0 spiro atoms. The van der Waals surface area contributed by atoms with Crippen molar-refractivity contribution >= 4 is 34.3 Å². The van der Waals surface area contributed by atoms with Gasteiger partial charge in [-0.05, 0) is 101 Å². The van der Waals surface area contributed by atoms with Crippen molar-refractivity contribution in [2.75, 3.05) is 25.4 Å². The van der Waals surface area contributed by atoms with Crippen LogP contribution >= 0.6 is 22.6 Å². The fourth-order valence-electron chi connectivity index (χ4n) is 4.66. The molecule has 0 saturated carbocycles. The Labute approximate surface area is 200 Å². The van der Waals surface area contributed by atoms with E-state index in [4.69, 9.17) is 5.73 Å². The maximum absolute atomic E-state index is 14.9. The second-order valence-corrected chi connectivity index (χ2v) is 9.56. The van der Waals surface area contributed by atoms with Crippen LogP contribution in [0.2, 0.25) is 0 Å². The molecule has 1 saturated heterocycles. The standard InChI is InChI=1S/C25H24FIN4O/c26-23-18(16-3-1-14(2-4-16)15-5-8-29-9-6-15)12-21(24(28)31-23)20-11-17-7-10-30-25(32)19(17)13-22(20)27/h1-4,11-13,15,29H,5-10H2,(H2,28,31)(H,30,32). The average molecular weight is 542 g/mol. The third-order valence-electron chi connectivity index (χ3n) is 6.45. The summed E-state index contributed by atoms with van der Waals surface area (Å²) in [4.78, 5) is 16.2. The van der Waals surface area contributed by atoms with Gasteiger partial charge in [0.25, 0.3) is 5.91 Å². The Morgan fingerprint density at radius 1 is 0.969 bits per heavy atom. The molecule has 1 fully saturated rings. The maximum Gasteiger partial charge on any atom is 0.251 e. The summed E-state index contributed by atoms with van der Waals surface area (Å²) >= 11 is 2.20. The molecule has 5 rings (SSSR count). The summed E-state index contributed by atoms with van der Waals surface area (Å²) in [5, 5.41) is 6.26. The Bertz CT molecular complexity index is 1190. The molecule has 3 aromatic rings. The summed E-state index contributed by atoms with van der Waals surface area (Å²) in [5.41, 5.74) is 11.9. The predicted molar refractivity (Wildman–Crippen MR) is 133 cm³/mol. The molecule has 0 unspecified atom stereocenters. The topological polar surface area (TPSA) is 80.0 Å². The molecular formula is C25H24FIN4O. The number of pyridine rings is 1. The number of anilines is 1. The van der Waals surface area contributed by atoms with Crippen LogP contribution in [0.1, 0.15) is 40.2 Å². The molecule has 0 bridgehead atoms. The smallest absolute Gasteiger partial charge is 0.251 e. The third kappa shape index (κ3) is 3.99. The molecule has 2 aliphatic heterocycles. The number of benzene rings is 2. The SMILES string of the molecule is Nc1nc(F)c(-c2ccc(C3CCNCC3)cc2)cc1-c1cc2c(cc1I)C(=O)NCC2. The lowest BCUT2D eigenvalue weighted by atomic mass is 9.89. The highest BCUT2D eigenvalue weighted by molar-refractivity contribution is 14.1. The van der Waals surface area contributed by atoms with Crippen molar-refractivity contribution in [2.24, 2.45) is 0 Å². The first kappa shape index (κ1) is 21.3. The van der Waals surface area contributed by atoms with Crippen LogP contribution in [-0.2, 0) is 6.42 Å². The molecule has 0 aliphatic carbocycles. The van der Waals surface area contributed by atoms with E-state index in [9.17, 15) is 9.18 Å². The number of nitrogens with two attached hydrogens (primary N) is 1. The largest absolute Gasteiger partial charge is 0.383 e. The van der Waals surface area contributed by atoms with Crippen molar-refractivity contribution in [1.29, 1.82) is 0 Å². The molecule has 7 heteroatoms. The summed E-state index contributed by atoms with van der Waals surface area (Å²) in [6.07, 6.45) is 3.00. The molecule has 2 aliphatic rings. The van der Waals surface area contributed by atoms with Crippen molar-refractivity contribution in [2.45, 2.75) is 25.2 Å². The molecule has 0 radical (unpaired) electrons. The van der Waals surface area contributed by atoms with Gasteiger partial charge in [0.1, 0.15) is 5.82 Å². The second-order valence-electron chi connectivity index (χ2n) is 8.40. The van der Waals surface area contributed by atoms with Crippen molar-refractivity contribution in [3.63, 3.8) is 0 Å². The van der Waals surface area contributed by atoms with Gasteiger partial charge < -0.3 is 16.4 Å². The summed E-state index contributed by atoms with van der Waals surface area (Å²) in [5.74, 6) is 0.0592. The van der Waals surface area contributed by atoms with E-state index >= 15 is 0 Å². The highest BCUT2D eigenvalue weighted by Gasteiger charge is 2.22. The van der Waals surface area contributed by atoms with E-state index in [0.717, 1.165) is 52.6 Å². The molecule has 164 valence electrons. The van der Waals surface area contributed by atoms with Crippen LogP contribution in [0.3, 0.4) is 0 Å². The minimum atomic E-state index is -0.576. The number of hydrogen-bond donors (Lipinski definition) is 3. The van der Waals surface area contributed by atoms with Gasteiger partial charge in [0, 0.05) is 26.8 Å². The van der Waals surface area contributed by atoms with Crippen LogP contribution in [0.15, 0.2) is 42.5 Å². The number of nitrogen functional groups attached to an aromatic ring is 1. The molecule has 3 heterocycles. The Kier molecular flexibility index (Phi) is 5.86. The van der Waals surface area contributed by atoms with Crippen LogP contribution in [0.25, 0.3) is 22.3 Å². The van der Waals surface area contributed by atoms with Crippen molar-refractivity contribution in [1.82, 2.24) is 15.6 Å². The van der Waals surface area contributed by atoms with Gasteiger partial charge in [-0.1, -0.05) is 24.3 Å². The number of fused-ring (bicyclic) bond motifs is 1. The van der Waals surface area contributed by atoms with Gasteiger partial charge in [0.2, 0.25) is 5.95 Å². The summed E-state index contributed by atoms with van der Waals surface area (Å²) in [6.45, 7) is 2.68. The summed E-state index contributed by atoms with van der Waals surface area (Å²) < 4.78 is 15.7. The number of rotatable bonds is 3. The van der Waals surface area contributed by atoms with Gasteiger partial charge in [-0.25, -0.2) is 4.98 Å². The lowest BCUT2D eigenvalue weighted by molar-refractivity contribution is 0.0946. The summed E-state index contributed by atoms with van der Waals surface area (Å²) in [6, 6.07) is 13.8. The maximum atomic E-state index is 14.9. The number of nitrogens with one attached hydrogen (secondary N) is 2. The Balaban J connectivity index is 1.53. The zero-order valence-corrected chi connectivity index (χ0v) is 19.7. The molecule has 1 amide bonds. The quantitative estimate of drug-likeness (QED) is 0.337. The average Bonchev–Trinajstić information content (AvgIpc) is 2.81. The Morgan fingerprint density at radius 2 is 1.72 bits per heavy atom. The molecule has 4 N–H and O–H groups in total. The fourth-order valence-corrected chi connectivity index (χ4v) is 5.42.